The van der Waals surface area contributed by atoms with Crippen molar-refractivity contribution in [2.45, 2.75) is 13.8 Å². The molecule has 0 fully saturated rings. The monoisotopic (exact) mass is 317 g/mol. The van der Waals surface area contributed by atoms with Gasteiger partial charge in [-0.2, -0.15) is 0 Å². The van der Waals surface area contributed by atoms with Gasteiger partial charge < -0.3 is 14.7 Å². The standard InChI is InChI=1S/C15H12ClN3O3/c1-7-17-6-12(18-7)14(21)13-15(22-8(2)20)10-5-9(16)3-4-11(10)19-13/h3-6,19H,1-2H3,(H,17,18). The van der Waals surface area contributed by atoms with Gasteiger partial charge in [-0.25, -0.2) is 4.98 Å². The summed E-state index contributed by atoms with van der Waals surface area (Å²) in [6.07, 6.45) is 1.51. The van der Waals surface area contributed by atoms with Crippen LogP contribution in [0.5, 0.6) is 5.75 Å². The highest BCUT2D eigenvalue weighted by molar-refractivity contribution is 6.31. The first-order valence-electron chi connectivity index (χ1n) is 6.52. The molecule has 2 aromatic heterocycles. The number of fused-ring (bicyclic) bond motifs is 1. The van der Waals surface area contributed by atoms with E-state index in [0.29, 0.717) is 21.7 Å². The summed E-state index contributed by atoms with van der Waals surface area (Å²) in [4.78, 5) is 33.8. The lowest BCUT2D eigenvalue weighted by Crippen LogP contribution is -2.08. The first kappa shape index (κ1) is 14.3. The van der Waals surface area contributed by atoms with Crippen LogP contribution in [0.25, 0.3) is 10.9 Å². The van der Waals surface area contributed by atoms with Crippen LogP contribution in [0.15, 0.2) is 24.4 Å². The van der Waals surface area contributed by atoms with Crippen molar-refractivity contribution in [1.82, 2.24) is 15.0 Å². The van der Waals surface area contributed by atoms with E-state index in [1.54, 1.807) is 25.1 Å². The molecule has 2 N–H and O–H groups in total. The van der Waals surface area contributed by atoms with E-state index in [-0.39, 0.29) is 22.9 Å². The average molecular weight is 318 g/mol. The summed E-state index contributed by atoms with van der Waals surface area (Å²) in [7, 11) is 0. The normalized spacial score (nSPS) is 10.9. The zero-order valence-electron chi connectivity index (χ0n) is 11.9. The minimum atomic E-state index is -0.520. The number of halogens is 1. The van der Waals surface area contributed by atoms with Crippen molar-refractivity contribution in [3.8, 4) is 5.75 Å². The smallest absolute Gasteiger partial charge is 0.308 e. The predicted octanol–water partition coefficient (Wildman–Crippen LogP) is 3.01. The molecule has 2 heterocycles. The summed E-state index contributed by atoms with van der Waals surface area (Å²) >= 11 is 5.98. The quantitative estimate of drug-likeness (QED) is 0.574. The van der Waals surface area contributed by atoms with Gasteiger partial charge in [-0.15, -0.1) is 0 Å². The second-order valence-corrected chi connectivity index (χ2v) is 5.25. The van der Waals surface area contributed by atoms with E-state index in [2.05, 4.69) is 15.0 Å². The number of carbonyl (C=O) groups is 2. The summed E-state index contributed by atoms with van der Waals surface area (Å²) in [5.41, 5.74) is 1.05. The van der Waals surface area contributed by atoms with E-state index in [9.17, 15) is 9.59 Å². The van der Waals surface area contributed by atoms with Gasteiger partial charge in [0.2, 0.25) is 5.78 Å². The molecule has 0 aliphatic carbocycles. The fourth-order valence-corrected chi connectivity index (χ4v) is 2.38. The Morgan fingerprint density at radius 3 is 2.73 bits per heavy atom. The van der Waals surface area contributed by atoms with Gasteiger partial charge >= 0.3 is 5.97 Å². The molecule has 0 aliphatic rings. The summed E-state index contributed by atoms with van der Waals surface area (Å²) in [6.45, 7) is 3.02. The molecule has 7 heteroatoms. The van der Waals surface area contributed by atoms with Crippen molar-refractivity contribution in [1.29, 1.82) is 0 Å². The first-order chi connectivity index (χ1) is 10.5. The molecule has 0 amide bonds. The molecule has 3 aromatic rings. The molecule has 0 atom stereocenters. The Morgan fingerprint density at radius 1 is 1.32 bits per heavy atom. The molecule has 22 heavy (non-hydrogen) atoms. The zero-order chi connectivity index (χ0) is 15.9. The molecular formula is C15H12ClN3O3. The van der Waals surface area contributed by atoms with Crippen molar-refractivity contribution in [2.24, 2.45) is 0 Å². The third-order valence-corrected chi connectivity index (χ3v) is 3.36. The lowest BCUT2D eigenvalue weighted by molar-refractivity contribution is -0.131. The van der Waals surface area contributed by atoms with Gasteiger partial charge in [0.05, 0.1) is 0 Å². The number of aromatic amines is 2. The van der Waals surface area contributed by atoms with Crippen molar-refractivity contribution < 1.29 is 14.3 Å². The zero-order valence-corrected chi connectivity index (χ0v) is 12.6. The predicted molar refractivity (Wildman–Crippen MR) is 81.4 cm³/mol. The Kier molecular flexibility index (Phi) is 3.46. The molecule has 112 valence electrons. The molecule has 1 aromatic carbocycles. The maximum Gasteiger partial charge on any atom is 0.308 e. The number of ketones is 1. The van der Waals surface area contributed by atoms with Gasteiger partial charge in [0.1, 0.15) is 17.2 Å². The summed E-state index contributed by atoms with van der Waals surface area (Å²) < 4.78 is 5.22. The van der Waals surface area contributed by atoms with Crippen LogP contribution < -0.4 is 4.74 Å². The van der Waals surface area contributed by atoms with Crippen LogP contribution in [0.3, 0.4) is 0 Å². The molecule has 0 radical (unpaired) electrons. The number of carbonyl (C=O) groups excluding carboxylic acids is 2. The van der Waals surface area contributed by atoms with Gasteiger partial charge in [-0.05, 0) is 25.1 Å². The van der Waals surface area contributed by atoms with Crippen LogP contribution in [-0.4, -0.2) is 26.7 Å². The maximum atomic E-state index is 12.6. The lowest BCUT2D eigenvalue weighted by atomic mass is 10.2. The van der Waals surface area contributed by atoms with Gasteiger partial charge in [-0.3, -0.25) is 9.59 Å². The molecular weight excluding hydrogens is 306 g/mol. The number of nitrogens with zero attached hydrogens (tertiary/aromatic N) is 1. The fraction of sp³-hybridized carbons (Fsp3) is 0.133. The average Bonchev–Trinajstić information content (AvgIpc) is 3.03. The number of rotatable bonds is 3. The number of benzene rings is 1. The van der Waals surface area contributed by atoms with Crippen molar-refractivity contribution >= 4 is 34.3 Å². The van der Waals surface area contributed by atoms with E-state index < -0.39 is 5.97 Å². The van der Waals surface area contributed by atoms with Crippen LogP contribution in [-0.2, 0) is 4.79 Å². The van der Waals surface area contributed by atoms with E-state index in [1.807, 2.05) is 0 Å². The highest BCUT2D eigenvalue weighted by Crippen LogP contribution is 2.33. The third kappa shape index (κ3) is 2.48. The lowest BCUT2D eigenvalue weighted by Gasteiger charge is -2.02. The van der Waals surface area contributed by atoms with Crippen molar-refractivity contribution in [3.63, 3.8) is 0 Å². The Balaban J connectivity index is 2.19. The second kappa shape index (κ2) is 5.31. The van der Waals surface area contributed by atoms with Gasteiger partial charge in [0.25, 0.3) is 0 Å². The highest BCUT2D eigenvalue weighted by Gasteiger charge is 2.23. The van der Waals surface area contributed by atoms with Crippen LogP contribution in [0.4, 0.5) is 0 Å². The van der Waals surface area contributed by atoms with E-state index in [0.717, 1.165) is 0 Å². The number of hydrogen-bond acceptors (Lipinski definition) is 4. The number of aryl methyl sites for hydroxylation is 1. The molecule has 0 spiro atoms. The molecule has 0 saturated carbocycles. The maximum absolute atomic E-state index is 12.6. The van der Waals surface area contributed by atoms with Crippen LogP contribution >= 0.6 is 11.6 Å². The van der Waals surface area contributed by atoms with E-state index in [4.69, 9.17) is 16.3 Å². The van der Waals surface area contributed by atoms with Gasteiger partial charge in [-0.1, -0.05) is 11.6 Å². The number of imidazole rings is 1. The molecule has 3 rings (SSSR count). The Hall–Kier alpha value is -2.60. The van der Waals surface area contributed by atoms with Crippen LogP contribution in [0.2, 0.25) is 5.02 Å². The Labute approximate surface area is 130 Å². The summed E-state index contributed by atoms with van der Waals surface area (Å²) in [5, 5.41) is 1.05. The number of nitrogens with one attached hydrogen (secondary N) is 2. The second-order valence-electron chi connectivity index (χ2n) is 4.81. The Morgan fingerprint density at radius 2 is 2.09 bits per heavy atom. The highest BCUT2D eigenvalue weighted by atomic mass is 35.5. The number of esters is 1. The SMILES string of the molecule is CC(=O)Oc1c(C(=O)c2c[nH]c(C)n2)[nH]c2ccc(Cl)cc12. The molecule has 0 saturated heterocycles. The Bertz CT molecular complexity index is 895. The minimum Gasteiger partial charge on any atom is -0.424 e. The summed E-state index contributed by atoms with van der Waals surface area (Å²) in [6, 6.07) is 5.04. The fourth-order valence-electron chi connectivity index (χ4n) is 2.21. The first-order valence-corrected chi connectivity index (χ1v) is 6.90. The number of aromatic nitrogens is 3. The van der Waals surface area contributed by atoms with Gasteiger partial charge in [0.15, 0.2) is 5.75 Å². The topological polar surface area (TPSA) is 87.8 Å². The number of H-pyrrole nitrogens is 2. The number of ether oxygens (including phenoxy) is 1. The molecule has 6 nitrogen and oxygen atoms in total. The summed E-state index contributed by atoms with van der Waals surface area (Å²) in [5.74, 6) is -0.103. The minimum absolute atomic E-state index is 0.163. The van der Waals surface area contributed by atoms with E-state index >= 15 is 0 Å². The third-order valence-electron chi connectivity index (χ3n) is 3.12. The molecule has 0 unspecified atom stereocenters. The van der Waals surface area contributed by atoms with Crippen LogP contribution in [0, 0.1) is 6.92 Å². The van der Waals surface area contributed by atoms with Crippen molar-refractivity contribution in [3.05, 3.63) is 46.6 Å². The van der Waals surface area contributed by atoms with Crippen LogP contribution in [0.1, 0.15) is 28.9 Å². The van der Waals surface area contributed by atoms with E-state index in [1.165, 1.54) is 13.1 Å². The molecule has 0 bridgehead atoms. The largest absolute Gasteiger partial charge is 0.424 e. The van der Waals surface area contributed by atoms with Crippen molar-refractivity contribution in [2.75, 3.05) is 0 Å². The van der Waals surface area contributed by atoms with Gasteiger partial charge in [0, 0.05) is 29.0 Å². The molecule has 0 aliphatic heterocycles. The number of hydrogen-bond donors (Lipinski definition) is 2.